The van der Waals surface area contributed by atoms with Gasteiger partial charge in [-0.05, 0) is 36.4 Å². The van der Waals surface area contributed by atoms with E-state index in [1.165, 1.54) is 0 Å². The van der Waals surface area contributed by atoms with Crippen molar-refractivity contribution in [1.82, 2.24) is 19.7 Å². The Balaban J connectivity index is 1.43. The van der Waals surface area contributed by atoms with Gasteiger partial charge in [0.15, 0.2) is 0 Å². The Morgan fingerprint density at radius 2 is 2.03 bits per heavy atom. The summed E-state index contributed by atoms with van der Waals surface area (Å²) in [5.41, 5.74) is 3.59. The van der Waals surface area contributed by atoms with Crippen LogP contribution in [0.3, 0.4) is 0 Å². The molecule has 0 aliphatic carbocycles. The first-order chi connectivity index (χ1) is 14.6. The number of aromatic amines is 1. The maximum Gasteiger partial charge on any atom is 0.219 e. The predicted molar refractivity (Wildman–Crippen MR) is 118 cm³/mol. The molecule has 3 heterocycles. The van der Waals surface area contributed by atoms with Crippen LogP contribution in [0, 0.1) is 0 Å². The van der Waals surface area contributed by atoms with Crippen LogP contribution in [0.4, 0.5) is 0 Å². The van der Waals surface area contributed by atoms with E-state index in [0.29, 0.717) is 18.4 Å². The lowest BCUT2D eigenvalue weighted by atomic mass is 10.2. The number of nitrogens with one attached hydrogen (secondary N) is 1. The minimum Gasteiger partial charge on any atom is -0.439 e. The molecule has 30 heavy (non-hydrogen) atoms. The van der Waals surface area contributed by atoms with E-state index in [1.54, 1.807) is 12.4 Å². The van der Waals surface area contributed by atoms with Crippen LogP contribution in [-0.2, 0) is 18.1 Å². The van der Waals surface area contributed by atoms with Gasteiger partial charge in [0.05, 0.1) is 12.3 Å². The molecule has 0 saturated carbocycles. The Labute approximate surface area is 176 Å². The topological polar surface area (TPSA) is 85.2 Å². The number of pyridine rings is 1. The van der Waals surface area contributed by atoms with E-state index >= 15 is 0 Å². The van der Waals surface area contributed by atoms with Crippen LogP contribution in [0.2, 0.25) is 19.1 Å². The number of aliphatic hydroxyl groups excluding tert-OH is 1. The highest BCUT2D eigenvalue weighted by Gasteiger charge is 2.08. The van der Waals surface area contributed by atoms with E-state index in [4.69, 9.17) is 9.47 Å². The Hall–Kier alpha value is -2.94. The summed E-state index contributed by atoms with van der Waals surface area (Å²) in [6.45, 7) is 5.74. The van der Waals surface area contributed by atoms with E-state index < -0.39 is 0 Å². The second-order valence-corrected chi connectivity index (χ2v) is 10.3. The monoisotopic (exact) mass is 421 g/mol. The molecule has 0 spiro atoms. The molecule has 0 bridgehead atoms. The third-order valence-corrected chi connectivity index (χ3v) is 5.96. The Morgan fingerprint density at radius 3 is 2.80 bits per heavy atom. The lowest BCUT2D eigenvalue weighted by molar-refractivity contribution is 0.0801. The Morgan fingerprint density at radius 1 is 1.13 bits per heavy atom. The van der Waals surface area contributed by atoms with Crippen LogP contribution in [-0.4, -0.2) is 40.3 Å². The standard InChI is InChI=1S/C22H25N4O3Si/c1-30(2)10-9-28-15-26-21(7-8-24-26)17-4-6-22(23-13-17)29-19-5-3-16-11-18(14-27)25-20(16)12-19/h3-8,11-13,25,27H,9-10,14-15H2,1-2H3. The molecule has 0 saturated heterocycles. The first-order valence-corrected chi connectivity index (χ1v) is 12.6. The molecule has 0 fully saturated rings. The number of ether oxygens (including phenoxy) is 2. The lowest BCUT2D eigenvalue weighted by Crippen LogP contribution is -2.10. The first kappa shape index (κ1) is 20.3. The zero-order chi connectivity index (χ0) is 20.9. The van der Waals surface area contributed by atoms with Gasteiger partial charge in [-0.25, -0.2) is 9.67 Å². The van der Waals surface area contributed by atoms with Gasteiger partial charge in [-0.3, -0.25) is 0 Å². The smallest absolute Gasteiger partial charge is 0.219 e. The zero-order valence-corrected chi connectivity index (χ0v) is 18.1. The maximum absolute atomic E-state index is 9.26. The molecule has 7 nitrogen and oxygen atoms in total. The highest BCUT2D eigenvalue weighted by Crippen LogP contribution is 2.26. The molecule has 0 aliphatic rings. The van der Waals surface area contributed by atoms with Crippen LogP contribution in [0.5, 0.6) is 11.6 Å². The number of benzene rings is 1. The van der Waals surface area contributed by atoms with Gasteiger partial charge in [-0.15, -0.1) is 0 Å². The summed E-state index contributed by atoms with van der Waals surface area (Å²) in [7, 11) is -0.271. The van der Waals surface area contributed by atoms with Gasteiger partial charge >= 0.3 is 0 Å². The van der Waals surface area contributed by atoms with Gasteiger partial charge in [0.25, 0.3) is 0 Å². The van der Waals surface area contributed by atoms with E-state index in [-0.39, 0.29) is 15.4 Å². The number of H-pyrrole nitrogens is 1. The van der Waals surface area contributed by atoms with Crippen LogP contribution in [0.25, 0.3) is 22.2 Å². The number of aliphatic hydroxyl groups is 1. The van der Waals surface area contributed by atoms with Gasteiger partial charge in [0, 0.05) is 62.1 Å². The van der Waals surface area contributed by atoms with E-state index in [1.807, 2.05) is 47.1 Å². The fourth-order valence-electron chi connectivity index (χ4n) is 3.14. The van der Waals surface area contributed by atoms with Crippen molar-refractivity contribution in [2.24, 2.45) is 0 Å². The quantitative estimate of drug-likeness (QED) is 0.308. The summed E-state index contributed by atoms with van der Waals surface area (Å²) in [5.74, 6) is 1.19. The summed E-state index contributed by atoms with van der Waals surface area (Å²) in [5, 5.41) is 14.6. The van der Waals surface area contributed by atoms with Crippen molar-refractivity contribution < 1.29 is 14.6 Å². The van der Waals surface area contributed by atoms with E-state index in [2.05, 4.69) is 28.2 Å². The average molecular weight is 422 g/mol. The minimum atomic E-state index is -0.271. The summed E-state index contributed by atoms with van der Waals surface area (Å²) in [6, 6.07) is 14.5. The van der Waals surface area contributed by atoms with Crippen LogP contribution in [0.15, 0.2) is 54.9 Å². The number of aromatic nitrogens is 4. The van der Waals surface area contributed by atoms with Gasteiger partial charge in [-0.1, -0.05) is 13.1 Å². The molecular weight excluding hydrogens is 396 g/mol. The van der Waals surface area contributed by atoms with E-state index in [0.717, 1.165) is 40.5 Å². The van der Waals surface area contributed by atoms with Gasteiger partial charge in [0.2, 0.25) is 5.88 Å². The molecule has 0 aliphatic heterocycles. The highest BCUT2D eigenvalue weighted by molar-refractivity contribution is 6.55. The molecule has 8 heteroatoms. The summed E-state index contributed by atoms with van der Waals surface area (Å²) in [4.78, 5) is 7.60. The van der Waals surface area contributed by atoms with Crippen molar-refractivity contribution in [2.75, 3.05) is 6.61 Å². The van der Waals surface area contributed by atoms with Crippen molar-refractivity contribution in [2.45, 2.75) is 32.5 Å². The van der Waals surface area contributed by atoms with Crippen LogP contribution < -0.4 is 4.74 Å². The molecule has 0 amide bonds. The molecule has 4 aromatic rings. The molecule has 1 radical (unpaired) electrons. The maximum atomic E-state index is 9.26. The molecule has 4 rings (SSSR count). The molecule has 0 atom stereocenters. The lowest BCUT2D eigenvalue weighted by Gasteiger charge is -2.10. The van der Waals surface area contributed by atoms with Crippen molar-refractivity contribution in [1.29, 1.82) is 0 Å². The molecule has 3 aromatic heterocycles. The Bertz CT molecular complexity index is 1110. The Kier molecular flexibility index (Phi) is 6.27. The largest absolute Gasteiger partial charge is 0.439 e. The van der Waals surface area contributed by atoms with Crippen molar-refractivity contribution in [3.63, 3.8) is 0 Å². The number of hydrogen-bond donors (Lipinski definition) is 2. The fourth-order valence-corrected chi connectivity index (χ4v) is 3.69. The van der Waals surface area contributed by atoms with Gasteiger partial charge < -0.3 is 19.6 Å². The normalized spacial score (nSPS) is 11.5. The van der Waals surface area contributed by atoms with Crippen molar-refractivity contribution >= 4 is 19.7 Å². The summed E-state index contributed by atoms with van der Waals surface area (Å²) in [6.07, 6.45) is 3.54. The number of nitrogens with zero attached hydrogens (tertiary/aromatic N) is 3. The van der Waals surface area contributed by atoms with Gasteiger partial charge in [0.1, 0.15) is 12.5 Å². The van der Waals surface area contributed by atoms with Crippen LogP contribution >= 0.6 is 0 Å². The molecular formula is C22H25N4O3Si. The van der Waals surface area contributed by atoms with Crippen LogP contribution in [0.1, 0.15) is 5.69 Å². The zero-order valence-electron chi connectivity index (χ0n) is 17.1. The highest BCUT2D eigenvalue weighted by atomic mass is 28.3. The first-order valence-electron chi connectivity index (χ1n) is 9.88. The second-order valence-electron chi connectivity index (χ2n) is 7.40. The SMILES string of the molecule is C[Si](C)CCOCn1nccc1-c1ccc(Oc2ccc3cc(CO)[nH]c3c2)nc1. The average Bonchev–Trinajstić information content (AvgIpc) is 3.38. The second kappa shape index (κ2) is 9.25. The summed E-state index contributed by atoms with van der Waals surface area (Å²) < 4.78 is 13.5. The van der Waals surface area contributed by atoms with Gasteiger partial charge in [-0.2, -0.15) is 5.10 Å². The van der Waals surface area contributed by atoms with E-state index in [9.17, 15) is 5.11 Å². The van der Waals surface area contributed by atoms with Crippen molar-refractivity contribution in [3.05, 3.63) is 60.6 Å². The summed E-state index contributed by atoms with van der Waals surface area (Å²) >= 11 is 0. The van der Waals surface area contributed by atoms with Crippen molar-refractivity contribution in [3.8, 4) is 22.9 Å². The third kappa shape index (κ3) is 4.78. The molecule has 155 valence electrons. The molecule has 0 unspecified atom stereocenters. The fraction of sp³-hybridized carbons (Fsp3) is 0.273. The third-order valence-electron chi connectivity index (χ3n) is 4.75. The molecule has 2 N–H and O–H groups in total. The number of fused-ring (bicyclic) bond motifs is 1. The predicted octanol–water partition coefficient (Wildman–Crippen LogP) is 4.44. The molecule has 1 aromatic carbocycles. The number of hydrogen-bond acceptors (Lipinski definition) is 5. The number of rotatable bonds is 9. The minimum absolute atomic E-state index is 0.0193.